The van der Waals surface area contributed by atoms with E-state index in [0.717, 1.165) is 23.7 Å². The van der Waals surface area contributed by atoms with E-state index in [1.807, 2.05) is 17.3 Å². The molecule has 0 aliphatic carbocycles. The molecule has 4 aliphatic rings. The van der Waals surface area contributed by atoms with Crippen molar-refractivity contribution in [2.24, 2.45) is 5.14 Å². The highest BCUT2D eigenvalue weighted by atomic mass is 32.2. The molecule has 1 aromatic heterocycles. The Labute approximate surface area is 155 Å². The van der Waals surface area contributed by atoms with Gasteiger partial charge in [0.05, 0.1) is 5.56 Å². The number of primary sulfonamides is 1. The number of sulfonamides is 1. The van der Waals surface area contributed by atoms with Gasteiger partial charge in [0.15, 0.2) is 5.75 Å². The number of ether oxygens (including phenoxy) is 1. The first-order valence-electron chi connectivity index (χ1n) is 8.41. The third-order valence-electron chi connectivity index (χ3n) is 5.23. The van der Waals surface area contributed by atoms with Gasteiger partial charge in [-0.1, -0.05) is 0 Å². The van der Waals surface area contributed by atoms with E-state index in [1.54, 1.807) is 18.3 Å². The van der Waals surface area contributed by atoms with Crippen molar-refractivity contribution in [1.29, 1.82) is 0 Å². The number of piperidine rings is 1. The fraction of sp³-hybridized carbons (Fsp3) is 0.438. The van der Waals surface area contributed by atoms with Crippen molar-refractivity contribution in [2.45, 2.75) is 29.8 Å². The number of nitrogens with one attached hydrogen (secondary N) is 1. The summed E-state index contributed by atoms with van der Waals surface area (Å²) < 4.78 is 30.6. The predicted octanol–water partition coefficient (Wildman–Crippen LogP) is 0.616. The normalized spacial score (nSPS) is 27.8. The van der Waals surface area contributed by atoms with Gasteiger partial charge < -0.3 is 15.0 Å². The number of aromatic nitrogens is 1. The van der Waals surface area contributed by atoms with Crippen molar-refractivity contribution in [3.05, 3.63) is 23.7 Å². The van der Waals surface area contributed by atoms with Crippen molar-refractivity contribution in [1.82, 2.24) is 15.2 Å². The van der Waals surface area contributed by atoms with Crippen molar-refractivity contribution in [3.63, 3.8) is 0 Å². The molecule has 4 aliphatic heterocycles. The zero-order chi connectivity index (χ0) is 18.1. The number of fused-ring (bicyclic) bond motifs is 3. The molecule has 5 heterocycles. The molecule has 2 aromatic rings. The summed E-state index contributed by atoms with van der Waals surface area (Å²) in [5.74, 6) is 0.534. The van der Waals surface area contributed by atoms with Gasteiger partial charge in [-0.3, -0.25) is 0 Å². The molecular formula is C16H19N5O3S2. The van der Waals surface area contributed by atoms with Crippen molar-refractivity contribution in [2.75, 3.05) is 25.0 Å². The quantitative estimate of drug-likeness (QED) is 0.788. The number of rotatable bonds is 3. The Morgan fingerprint density at radius 1 is 1.35 bits per heavy atom. The molecule has 0 amide bonds. The van der Waals surface area contributed by atoms with Crippen LogP contribution in [0.3, 0.4) is 0 Å². The molecule has 2 bridgehead atoms. The average molecular weight is 393 g/mol. The van der Waals surface area contributed by atoms with Gasteiger partial charge in [-0.15, -0.1) is 11.3 Å². The molecule has 10 heteroatoms. The van der Waals surface area contributed by atoms with E-state index >= 15 is 0 Å². The number of hydrogen-bond acceptors (Lipinski definition) is 8. The molecule has 8 nitrogen and oxygen atoms in total. The Balaban J connectivity index is 1.60. The van der Waals surface area contributed by atoms with Crippen molar-refractivity contribution >= 4 is 27.0 Å². The van der Waals surface area contributed by atoms with Gasteiger partial charge in [0.1, 0.15) is 15.6 Å². The molecule has 6 rings (SSSR count). The summed E-state index contributed by atoms with van der Waals surface area (Å²) in [6.45, 7) is 1.74. The summed E-state index contributed by atoms with van der Waals surface area (Å²) in [4.78, 5) is 8.55. The molecule has 0 radical (unpaired) electrons. The van der Waals surface area contributed by atoms with E-state index in [1.165, 1.54) is 17.8 Å². The number of piperazine rings is 1. The minimum Gasteiger partial charge on any atom is -0.454 e. The highest BCUT2D eigenvalue weighted by Crippen LogP contribution is 2.48. The maximum absolute atomic E-state index is 12.1. The first-order valence-corrected chi connectivity index (χ1v) is 10.8. The van der Waals surface area contributed by atoms with Crippen LogP contribution in [0, 0.1) is 0 Å². The van der Waals surface area contributed by atoms with Gasteiger partial charge >= 0.3 is 0 Å². The van der Waals surface area contributed by atoms with Crippen LogP contribution in [0.4, 0.5) is 5.69 Å². The SMILES string of the molecule is CN1c2c(S(N)(=O)=O)ccc(-c3nccs3)c2OC1N1CC2CC(C1)N2. The molecular weight excluding hydrogens is 374 g/mol. The molecule has 0 spiro atoms. The predicted molar refractivity (Wildman–Crippen MR) is 98.6 cm³/mol. The average Bonchev–Trinajstić information content (AvgIpc) is 3.21. The molecule has 1 aromatic carbocycles. The first kappa shape index (κ1) is 16.5. The fourth-order valence-corrected chi connectivity index (χ4v) is 5.53. The lowest BCUT2D eigenvalue weighted by molar-refractivity contribution is -0.0269. The van der Waals surface area contributed by atoms with Gasteiger partial charge in [0.2, 0.25) is 16.4 Å². The minimum atomic E-state index is -3.87. The zero-order valence-electron chi connectivity index (χ0n) is 14.1. The molecule has 3 fully saturated rings. The van der Waals surface area contributed by atoms with Crippen LogP contribution in [0.1, 0.15) is 6.42 Å². The minimum absolute atomic E-state index is 0.0816. The van der Waals surface area contributed by atoms with Gasteiger partial charge in [-0.25, -0.2) is 23.4 Å². The standard InChI is InChI=1S/C16H19N5O3S2/c1-20-13-12(26(17,22)23)3-2-11(15-18-4-5-25-15)14(13)24-16(20)21-7-9-6-10(8-21)19-9/h2-5,9-10,16,19H,6-8H2,1H3,(H2,17,22,23). The van der Waals surface area contributed by atoms with Crippen LogP contribution in [0.15, 0.2) is 28.6 Å². The third-order valence-corrected chi connectivity index (χ3v) is 6.98. The monoisotopic (exact) mass is 393 g/mol. The van der Waals surface area contributed by atoms with E-state index in [0.29, 0.717) is 23.5 Å². The molecule has 3 N–H and O–H groups in total. The van der Waals surface area contributed by atoms with E-state index in [9.17, 15) is 8.42 Å². The summed E-state index contributed by atoms with van der Waals surface area (Å²) in [6.07, 6.45) is 2.56. The van der Waals surface area contributed by atoms with Gasteiger partial charge in [-0.2, -0.15) is 0 Å². The molecule has 3 atom stereocenters. The smallest absolute Gasteiger partial charge is 0.240 e. The number of nitrogens with two attached hydrogens (primary N) is 1. The largest absolute Gasteiger partial charge is 0.454 e. The van der Waals surface area contributed by atoms with Crippen LogP contribution >= 0.6 is 11.3 Å². The Bertz CT molecular complexity index is 947. The molecule has 138 valence electrons. The maximum Gasteiger partial charge on any atom is 0.240 e. The second kappa shape index (κ2) is 5.64. The first-order chi connectivity index (χ1) is 12.4. The van der Waals surface area contributed by atoms with E-state index in [-0.39, 0.29) is 11.2 Å². The highest BCUT2D eigenvalue weighted by Gasteiger charge is 2.45. The Morgan fingerprint density at radius 2 is 2.08 bits per heavy atom. The fourth-order valence-electron chi connectivity index (χ4n) is 4.10. The number of anilines is 1. The highest BCUT2D eigenvalue weighted by molar-refractivity contribution is 7.89. The lowest BCUT2D eigenvalue weighted by atomic mass is 9.91. The molecule has 3 unspecified atom stereocenters. The molecule has 0 saturated carbocycles. The zero-order valence-corrected chi connectivity index (χ0v) is 15.8. The van der Waals surface area contributed by atoms with Crippen LogP contribution in [-0.4, -0.2) is 56.9 Å². The van der Waals surface area contributed by atoms with Gasteiger partial charge in [0, 0.05) is 43.8 Å². The summed E-state index contributed by atoms with van der Waals surface area (Å²) >= 11 is 1.49. The second-order valence-electron chi connectivity index (χ2n) is 6.98. The topological polar surface area (TPSA) is 101 Å². The van der Waals surface area contributed by atoms with E-state index in [2.05, 4.69) is 15.2 Å². The van der Waals surface area contributed by atoms with Gasteiger partial charge in [-0.05, 0) is 18.6 Å². The van der Waals surface area contributed by atoms with Crippen LogP contribution in [0.5, 0.6) is 5.75 Å². The van der Waals surface area contributed by atoms with E-state index < -0.39 is 10.0 Å². The number of benzene rings is 1. The van der Waals surface area contributed by atoms with Crippen molar-refractivity contribution in [3.8, 4) is 16.3 Å². The molecule has 26 heavy (non-hydrogen) atoms. The van der Waals surface area contributed by atoms with Crippen molar-refractivity contribution < 1.29 is 13.2 Å². The maximum atomic E-state index is 12.1. The number of hydrogen-bond donors (Lipinski definition) is 2. The second-order valence-corrected chi connectivity index (χ2v) is 9.40. The lowest BCUT2D eigenvalue weighted by Gasteiger charge is -2.50. The van der Waals surface area contributed by atoms with Crippen LogP contribution in [0.25, 0.3) is 10.6 Å². The number of nitrogens with zero attached hydrogens (tertiary/aromatic N) is 3. The summed E-state index contributed by atoms with van der Waals surface area (Å²) in [5, 5.41) is 11.6. The number of thiazole rings is 1. The van der Waals surface area contributed by atoms with Crippen LogP contribution in [-0.2, 0) is 10.0 Å². The van der Waals surface area contributed by atoms with Crippen LogP contribution in [0.2, 0.25) is 0 Å². The van der Waals surface area contributed by atoms with E-state index in [4.69, 9.17) is 9.88 Å². The summed E-state index contributed by atoms with van der Waals surface area (Å²) in [7, 11) is -2.02. The summed E-state index contributed by atoms with van der Waals surface area (Å²) in [6, 6.07) is 4.22. The van der Waals surface area contributed by atoms with Gasteiger partial charge in [0.25, 0.3) is 0 Å². The Morgan fingerprint density at radius 3 is 2.69 bits per heavy atom. The lowest BCUT2D eigenvalue weighted by Crippen LogP contribution is -2.70. The Hall–Kier alpha value is -1.72. The Kier molecular flexibility index (Phi) is 3.57. The van der Waals surface area contributed by atoms with Crippen LogP contribution < -0.4 is 20.1 Å². The molecule has 3 saturated heterocycles. The summed E-state index contributed by atoms with van der Waals surface area (Å²) in [5.41, 5.74) is 1.30. The third kappa shape index (κ3) is 2.44.